The van der Waals surface area contributed by atoms with Crippen molar-refractivity contribution in [1.29, 1.82) is 0 Å². The third-order valence-corrected chi connectivity index (χ3v) is 8.62. The van der Waals surface area contributed by atoms with E-state index in [1.54, 1.807) is 48.5 Å². The number of benzene rings is 3. The highest BCUT2D eigenvalue weighted by molar-refractivity contribution is 8.26. The maximum atomic E-state index is 14.0. The summed E-state index contributed by atoms with van der Waals surface area (Å²) in [6.45, 7) is 4.81. The molecule has 2 saturated heterocycles. The average Bonchev–Trinajstić information content (AvgIpc) is 3.29. The van der Waals surface area contributed by atoms with Crippen LogP contribution in [-0.4, -0.2) is 83.7 Å². The van der Waals surface area contributed by atoms with Gasteiger partial charge in [-0.2, -0.15) is 0 Å². The molecule has 1 amide bonds. The minimum absolute atomic E-state index is 0.0929. The minimum Gasteiger partial charge on any atom is -0.494 e. The van der Waals surface area contributed by atoms with Gasteiger partial charge in [-0.15, -0.1) is 0 Å². The lowest BCUT2D eigenvalue weighted by atomic mass is 10.0. The Labute approximate surface area is 269 Å². The van der Waals surface area contributed by atoms with E-state index in [4.69, 9.17) is 31.5 Å². The fourth-order valence-electron chi connectivity index (χ4n) is 4.92. The monoisotopic (exact) mass is 654 g/mol. The zero-order valence-corrected chi connectivity index (χ0v) is 26.0. The Kier molecular flexibility index (Phi) is 11.2. The normalized spacial score (nSPS) is 16.4. The molecular formula is C33H32F2N2O6S2. The number of rotatable bonds is 13. The molecule has 3 aromatic carbocycles. The molecule has 0 aromatic heterocycles. The molecule has 236 valence electrons. The molecule has 5 rings (SSSR count). The first-order valence-corrected chi connectivity index (χ1v) is 15.7. The van der Waals surface area contributed by atoms with Crippen LogP contribution in [0, 0.1) is 11.6 Å². The molecule has 0 bridgehead atoms. The maximum absolute atomic E-state index is 14.0. The number of thiocarbonyl (C=S) groups is 1. The quantitative estimate of drug-likeness (QED) is 0.143. The molecule has 0 aliphatic carbocycles. The van der Waals surface area contributed by atoms with Crippen LogP contribution in [0.3, 0.4) is 0 Å². The van der Waals surface area contributed by atoms with Crippen molar-refractivity contribution in [3.63, 3.8) is 0 Å². The third-order valence-electron chi connectivity index (χ3n) is 7.24. The van der Waals surface area contributed by atoms with Gasteiger partial charge in [0.2, 0.25) is 0 Å². The Morgan fingerprint density at radius 1 is 0.978 bits per heavy atom. The van der Waals surface area contributed by atoms with E-state index in [1.165, 1.54) is 22.7 Å². The van der Waals surface area contributed by atoms with E-state index in [2.05, 4.69) is 4.90 Å². The molecule has 45 heavy (non-hydrogen) atoms. The SMILES string of the molecule is O=C(O)Cc1cccc(OCCCN2C(=O)C(=Cc3cc(-c4ccc(F)c(F)c4)ccc3OCCN3CCOCC3)SC2=S)c1. The maximum Gasteiger partial charge on any atom is 0.307 e. The molecule has 12 heteroatoms. The van der Waals surface area contributed by atoms with Crippen LogP contribution in [0.4, 0.5) is 8.78 Å². The minimum atomic E-state index is -0.947. The number of thioether (sulfide) groups is 1. The molecule has 2 heterocycles. The fraction of sp³-hybridized carbons (Fsp3) is 0.303. The predicted molar refractivity (Wildman–Crippen MR) is 172 cm³/mol. The largest absolute Gasteiger partial charge is 0.494 e. The Morgan fingerprint density at radius 2 is 1.76 bits per heavy atom. The van der Waals surface area contributed by atoms with Crippen LogP contribution in [0.25, 0.3) is 17.2 Å². The summed E-state index contributed by atoms with van der Waals surface area (Å²) in [5.41, 5.74) is 2.38. The number of aliphatic carboxylic acids is 1. The van der Waals surface area contributed by atoms with Gasteiger partial charge >= 0.3 is 5.97 Å². The highest BCUT2D eigenvalue weighted by Gasteiger charge is 2.32. The van der Waals surface area contributed by atoms with E-state index in [0.29, 0.717) is 88.9 Å². The molecule has 0 saturated carbocycles. The number of hydrogen-bond donors (Lipinski definition) is 1. The molecule has 3 aromatic rings. The van der Waals surface area contributed by atoms with Gasteiger partial charge in [-0.05, 0) is 65.6 Å². The van der Waals surface area contributed by atoms with Crippen molar-refractivity contribution in [2.24, 2.45) is 0 Å². The Morgan fingerprint density at radius 3 is 2.53 bits per heavy atom. The van der Waals surface area contributed by atoms with Crippen molar-refractivity contribution in [3.05, 3.63) is 88.3 Å². The molecule has 0 unspecified atom stereocenters. The van der Waals surface area contributed by atoms with E-state index >= 15 is 0 Å². The molecule has 1 N–H and O–H groups in total. The van der Waals surface area contributed by atoms with Crippen molar-refractivity contribution in [2.75, 3.05) is 52.6 Å². The lowest BCUT2D eigenvalue weighted by Gasteiger charge is -2.26. The number of hydrogen-bond acceptors (Lipinski definition) is 8. The van der Waals surface area contributed by atoms with Crippen LogP contribution >= 0.6 is 24.0 Å². The van der Waals surface area contributed by atoms with Gasteiger partial charge < -0.3 is 19.3 Å². The topological polar surface area (TPSA) is 88.5 Å². The Balaban J connectivity index is 1.27. The van der Waals surface area contributed by atoms with Gasteiger partial charge in [-0.3, -0.25) is 19.4 Å². The number of carbonyl (C=O) groups excluding carboxylic acids is 1. The van der Waals surface area contributed by atoms with Gasteiger partial charge in [0.05, 0.1) is 31.1 Å². The van der Waals surface area contributed by atoms with Gasteiger partial charge in [-0.1, -0.05) is 48.2 Å². The Bertz CT molecular complexity index is 1600. The first-order valence-electron chi connectivity index (χ1n) is 14.5. The third kappa shape index (κ3) is 8.88. The molecular weight excluding hydrogens is 623 g/mol. The summed E-state index contributed by atoms with van der Waals surface area (Å²) in [4.78, 5) is 28.6. The van der Waals surface area contributed by atoms with Crippen LogP contribution in [0.1, 0.15) is 17.5 Å². The fourth-order valence-corrected chi connectivity index (χ4v) is 6.22. The van der Waals surface area contributed by atoms with E-state index in [9.17, 15) is 18.4 Å². The summed E-state index contributed by atoms with van der Waals surface area (Å²) in [7, 11) is 0. The molecule has 8 nitrogen and oxygen atoms in total. The van der Waals surface area contributed by atoms with Gasteiger partial charge in [0, 0.05) is 31.7 Å². The highest BCUT2D eigenvalue weighted by Crippen LogP contribution is 2.36. The average molecular weight is 655 g/mol. The number of amides is 1. The summed E-state index contributed by atoms with van der Waals surface area (Å²) >= 11 is 6.71. The second-order valence-electron chi connectivity index (χ2n) is 10.4. The highest BCUT2D eigenvalue weighted by atomic mass is 32.2. The van der Waals surface area contributed by atoms with Crippen LogP contribution in [0.5, 0.6) is 11.5 Å². The van der Waals surface area contributed by atoms with Crippen molar-refractivity contribution in [1.82, 2.24) is 9.80 Å². The molecule has 0 atom stereocenters. The zero-order chi connectivity index (χ0) is 31.8. The standard InChI is InChI=1S/C33H32F2N2O6S2/c34-27-7-5-24(20-28(27)35)23-6-8-29(43-16-12-36-10-14-41-15-11-36)25(19-23)21-30-32(40)37(33(44)45-30)9-2-13-42-26-4-1-3-22(17-26)18-31(38)39/h1,3-8,17,19-21H,2,9-16,18H2,(H,38,39). The second-order valence-corrected chi connectivity index (χ2v) is 12.1. The van der Waals surface area contributed by atoms with Gasteiger partial charge in [0.1, 0.15) is 22.4 Å². The summed E-state index contributed by atoms with van der Waals surface area (Å²) in [5.74, 6) is -1.93. The van der Waals surface area contributed by atoms with Crippen LogP contribution < -0.4 is 9.47 Å². The molecule has 2 aliphatic heterocycles. The predicted octanol–water partition coefficient (Wildman–Crippen LogP) is 5.64. The first kappa shape index (κ1) is 32.6. The molecule has 0 radical (unpaired) electrons. The van der Waals surface area contributed by atoms with Crippen molar-refractivity contribution >= 4 is 46.3 Å². The van der Waals surface area contributed by atoms with Crippen LogP contribution in [0.15, 0.2) is 65.6 Å². The zero-order valence-electron chi connectivity index (χ0n) is 24.4. The van der Waals surface area contributed by atoms with E-state index in [-0.39, 0.29) is 12.3 Å². The van der Waals surface area contributed by atoms with Crippen molar-refractivity contribution in [2.45, 2.75) is 12.8 Å². The summed E-state index contributed by atoms with van der Waals surface area (Å²) < 4.78 is 45.4. The van der Waals surface area contributed by atoms with E-state index in [1.807, 2.05) is 0 Å². The summed E-state index contributed by atoms with van der Waals surface area (Å²) in [5, 5.41) is 9.01. The summed E-state index contributed by atoms with van der Waals surface area (Å²) in [6, 6.07) is 16.0. The van der Waals surface area contributed by atoms with E-state index in [0.717, 1.165) is 25.2 Å². The number of nitrogens with zero attached hydrogens (tertiary/aromatic N) is 2. The first-order chi connectivity index (χ1) is 21.8. The van der Waals surface area contributed by atoms with Crippen molar-refractivity contribution in [3.8, 4) is 22.6 Å². The number of carbonyl (C=O) groups is 2. The number of carboxylic acid groups (broad SMARTS) is 1. The van der Waals surface area contributed by atoms with E-state index < -0.39 is 17.6 Å². The number of ether oxygens (including phenoxy) is 3. The van der Waals surface area contributed by atoms with Gasteiger partial charge in [-0.25, -0.2) is 8.78 Å². The number of carboxylic acids is 1. The van der Waals surface area contributed by atoms with Gasteiger partial charge in [0.25, 0.3) is 5.91 Å². The number of morpholine rings is 1. The van der Waals surface area contributed by atoms with Crippen molar-refractivity contribution < 1.29 is 37.7 Å². The molecule has 0 spiro atoms. The van der Waals surface area contributed by atoms with Crippen LogP contribution in [0.2, 0.25) is 0 Å². The Hall–Kier alpha value is -3.84. The number of halogens is 2. The molecule has 2 aliphatic rings. The summed E-state index contributed by atoms with van der Waals surface area (Å²) in [6.07, 6.45) is 2.13. The smallest absolute Gasteiger partial charge is 0.307 e. The van der Waals surface area contributed by atoms with Crippen LogP contribution in [-0.2, 0) is 20.7 Å². The lowest BCUT2D eigenvalue weighted by Crippen LogP contribution is -2.38. The molecule has 2 fully saturated rings. The van der Waals surface area contributed by atoms with Gasteiger partial charge in [0.15, 0.2) is 11.6 Å². The lowest BCUT2D eigenvalue weighted by molar-refractivity contribution is -0.136. The second kappa shape index (κ2) is 15.4.